The minimum atomic E-state index is -0.382. The Morgan fingerprint density at radius 1 is 0.721 bits per heavy atom. The Bertz CT molecular complexity index is 1920. The predicted octanol–water partition coefficient (Wildman–Crippen LogP) is 4.12. The molecule has 43 heavy (non-hydrogen) atoms. The molecule has 1 aromatic carbocycles. The van der Waals surface area contributed by atoms with E-state index >= 15 is 0 Å². The number of rotatable bonds is 2. The Hall–Kier alpha value is -5.40. The lowest BCUT2D eigenvalue weighted by molar-refractivity contribution is 0.0946. The highest BCUT2D eigenvalue weighted by Crippen LogP contribution is 2.27. The summed E-state index contributed by atoms with van der Waals surface area (Å²) < 4.78 is 22.6. The van der Waals surface area contributed by atoms with Crippen LogP contribution in [-0.2, 0) is 26.1 Å². The van der Waals surface area contributed by atoms with Gasteiger partial charge < -0.3 is 34.0 Å². The number of carbonyl (C=O) groups is 1. The smallest absolute Gasteiger partial charge is 0.273 e. The Morgan fingerprint density at radius 3 is 2.00 bits per heavy atom. The molecule has 6 heterocycles. The zero-order valence-electron chi connectivity index (χ0n) is 23.0. The van der Waals surface area contributed by atoms with Crippen LogP contribution in [0.15, 0.2) is 79.1 Å². The molecule has 1 aliphatic heterocycles. The number of nitrogens with two attached hydrogens (primary N) is 1. The van der Waals surface area contributed by atoms with Gasteiger partial charge in [-0.1, -0.05) is 24.3 Å². The molecular weight excluding hydrogens is 552 g/mol. The van der Waals surface area contributed by atoms with Crippen LogP contribution in [-0.4, -0.2) is 36.9 Å². The predicted molar refractivity (Wildman–Crippen MR) is 152 cm³/mol. The first-order valence-electron chi connectivity index (χ1n) is 13.6. The van der Waals surface area contributed by atoms with Gasteiger partial charge in [0.1, 0.15) is 36.4 Å². The van der Waals surface area contributed by atoms with Crippen LogP contribution >= 0.6 is 0 Å². The van der Waals surface area contributed by atoms with E-state index in [0.717, 1.165) is 16.7 Å². The van der Waals surface area contributed by atoms with E-state index in [1.54, 1.807) is 24.5 Å². The third-order valence-electron chi connectivity index (χ3n) is 6.68. The van der Waals surface area contributed by atoms with E-state index in [1.165, 1.54) is 18.8 Å². The summed E-state index contributed by atoms with van der Waals surface area (Å²) in [6, 6.07) is 11.5. The van der Waals surface area contributed by atoms with Gasteiger partial charge in [0.15, 0.2) is 17.1 Å². The minimum absolute atomic E-state index is 0.0128. The van der Waals surface area contributed by atoms with Crippen molar-refractivity contribution in [3.8, 4) is 46.3 Å². The fraction of sp³-hybridized carbons (Fsp3) is 0.200. The topological polar surface area (TPSA) is 184 Å². The molecule has 12 bridgehead atoms. The van der Waals surface area contributed by atoms with Gasteiger partial charge in [-0.2, -0.15) is 0 Å². The van der Waals surface area contributed by atoms with Gasteiger partial charge in [0.05, 0.1) is 5.69 Å². The highest BCUT2D eigenvalue weighted by molar-refractivity contribution is 5.92. The highest BCUT2D eigenvalue weighted by Gasteiger charge is 2.20. The molecule has 13 heteroatoms. The van der Waals surface area contributed by atoms with E-state index in [0.29, 0.717) is 60.4 Å². The normalized spacial score (nSPS) is 14.1. The lowest BCUT2D eigenvalue weighted by Crippen LogP contribution is -2.24. The van der Waals surface area contributed by atoms with E-state index < -0.39 is 0 Å². The second-order valence-corrected chi connectivity index (χ2v) is 10.3. The average Bonchev–Trinajstić information content (AvgIpc) is 3.82. The molecule has 0 saturated heterocycles. The summed E-state index contributed by atoms with van der Waals surface area (Å²) in [5, 5.41) is 6.32. The molecule has 1 unspecified atom stereocenters. The molecule has 13 nitrogen and oxygen atoms in total. The van der Waals surface area contributed by atoms with Gasteiger partial charge in [-0.15, -0.1) is 0 Å². The van der Waals surface area contributed by atoms with Crippen LogP contribution in [0.25, 0.3) is 46.3 Å². The molecule has 216 valence electrons. The Morgan fingerprint density at radius 2 is 1.30 bits per heavy atom. The molecule has 0 saturated carbocycles. The first-order valence-corrected chi connectivity index (χ1v) is 13.6. The molecule has 0 aliphatic carbocycles. The molecule has 5 aromatic heterocycles. The summed E-state index contributed by atoms with van der Waals surface area (Å²) in [5.74, 6) is 0.598. The largest absolute Gasteiger partial charge is 0.443 e. The van der Waals surface area contributed by atoms with Crippen LogP contribution in [0.4, 0.5) is 0 Å². The number of nitrogens with zero attached hydrogens (tertiary/aromatic N) is 5. The Balaban J connectivity index is 1.23. The molecule has 1 amide bonds. The van der Waals surface area contributed by atoms with Gasteiger partial charge >= 0.3 is 0 Å². The second kappa shape index (κ2) is 11.1. The van der Waals surface area contributed by atoms with Gasteiger partial charge in [-0.3, -0.25) is 4.79 Å². The Labute approximate surface area is 244 Å². The fourth-order valence-corrected chi connectivity index (χ4v) is 4.79. The number of carbonyl (C=O) groups excluding carboxylic acids is 1. The van der Waals surface area contributed by atoms with Crippen LogP contribution in [0.1, 0.15) is 39.8 Å². The maximum Gasteiger partial charge on any atom is 0.273 e. The van der Waals surface area contributed by atoms with Crippen LogP contribution < -0.4 is 16.4 Å². The summed E-state index contributed by atoms with van der Waals surface area (Å²) in [6.45, 7) is 3.29. The average molecular weight is 579 g/mol. The SMILES string of the molecule is CC(N)Cc1cc2cc(c1)CNC(=O)c1coc(n1)-c1coc(n1)-c1cccc(n1)-c1nc(co1)-c1nc(co1)CNC2. The van der Waals surface area contributed by atoms with E-state index in [9.17, 15) is 4.79 Å². The van der Waals surface area contributed by atoms with Gasteiger partial charge in [0, 0.05) is 25.7 Å². The second-order valence-electron chi connectivity index (χ2n) is 10.3. The van der Waals surface area contributed by atoms with Crippen molar-refractivity contribution in [3.05, 3.63) is 89.5 Å². The number of nitrogens with one attached hydrogen (secondary N) is 2. The summed E-state index contributed by atoms with van der Waals surface area (Å²) in [5.41, 5.74) is 11.6. The van der Waals surface area contributed by atoms with Crippen LogP contribution in [0, 0.1) is 0 Å². The van der Waals surface area contributed by atoms with Crippen molar-refractivity contribution in [1.29, 1.82) is 0 Å². The van der Waals surface area contributed by atoms with Crippen LogP contribution in [0.3, 0.4) is 0 Å². The van der Waals surface area contributed by atoms with Crippen molar-refractivity contribution in [1.82, 2.24) is 35.6 Å². The molecular formula is C30H26N8O5. The van der Waals surface area contributed by atoms with Gasteiger partial charge in [0.2, 0.25) is 23.6 Å². The summed E-state index contributed by atoms with van der Waals surface area (Å²) in [6.07, 6.45) is 6.43. The fourth-order valence-electron chi connectivity index (χ4n) is 4.79. The van der Waals surface area contributed by atoms with Gasteiger partial charge in [-0.25, -0.2) is 24.9 Å². The molecule has 0 radical (unpaired) electrons. The lowest BCUT2D eigenvalue weighted by atomic mass is 10.0. The molecule has 7 rings (SSSR count). The van der Waals surface area contributed by atoms with E-state index in [2.05, 4.69) is 41.6 Å². The first-order chi connectivity index (χ1) is 21.0. The van der Waals surface area contributed by atoms with E-state index in [1.807, 2.05) is 19.1 Å². The summed E-state index contributed by atoms with van der Waals surface area (Å²) in [7, 11) is 0. The number of oxazole rings is 4. The number of hydrogen-bond acceptors (Lipinski definition) is 12. The number of hydrogen-bond donors (Lipinski definition) is 3. The van der Waals surface area contributed by atoms with Crippen molar-refractivity contribution >= 4 is 5.91 Å². The van der Waals surface area contributed by atoms with Crippen molar-refractivity contribution in [3.63, 3.8) is 0 Å². The highest BCUT2D eigenvalue weighted by atomic mass is 16.4. The van der Waals surface area contributed by atoms with Crippen LogP contribution in [0.5, 0.6) is 0 Å². The first kappa shape index (κ1) is 26.5. The van der Waals surface area contributed by atoms with Crippen molar-refractivity contribution < 1.29 is 22.5 Å². The standard InChI is InChI=1S/C30H26N8O5/c1-16(31)5-17-6-18-8-19(7-17)10-33-26(39)23-13-41-30(36-23)25-15-43-28(38-25)22-4-2-3-21(35-22)27-37-24(14-42-27)29-34-20(12-40-29)11-32-9-18/h2-4,6-8,12-16,32H,5,9-11,31H2,1H3,(H,33,39). The zero-order valence-corrected chi connectivity index (χ0v) is 23.0. The minimum Gasteiger partial charge on any atom is -0.443 e. The maximum absolute atomic E-state index is 12.9. The van der Waals surface area contributed by atoms with E-state index in [-0.39, 0.29) is 35.3 Å². The number of aromatic nitrogens is 5. The lowest BCUT2D eigenvalue weighted by Gasteiger charge is -2.12. The quantitative estimate of drug-likeness (QED) is 0.267. The van der Waals surface area contributed by atoms with Crippen LogP contribution in [0.2, 0.25) is 0 Å². The molecule has 0 spiro atoms. The van der Waals surface area contributed by atoms with Gasteiger partial charge in [-0.05, 0) is 42.2 Å². The van der Waals surface area contributed by atoms with Crippen molar-refractivity contribution in [2.75, 3.05) is 0 Å². The molecule has 1 atom stereocenters. The number of pyridine rings is 1. The monoisotopic (exact) mass is 578 g/mol. The molecule has 0 fully saturated rings. The number of benzene rings is 1. The number of fused-ring (bicyclic) bond motifs is 16. The summed E-state index contributed by atoms with van der Waals surface area (Å²) in [4.78, 5) is 35.4. The van der Waals surface area contributed by atoms with Gasteiger partial charge in [0.25, 0.3) is 5.91 Å². The van der Waals surface area contributed by atoms with E-state index in [4.69, 9.17) is 23.4 Å². The van der Waals surface area contributed by atoms with Crippen molar-refractivity contribution in [2.24, 2.45) is 5.73 Å². The summed E-state index contributed by atoms with van der Waals surface area (Å²) >= 11 is 0. The third-order valence-corrected chi connectivity index (χ3v) is 6.68. The maximum atomic E-state index is 12.9. The number of amides is 1. The third kappa shape index (κ3) is 5.71. The molecule has 1 aliphatic rings. The molecule has 6 aromatic rings. The Kier molecular flexibility index (Phi) is 6.85. The van der Waals surface area contributed by atoms with Crippen molar-refractivity contribution in [2.45, 2.75) is 39.0 Å². The molecule has 4 N–H and O–H groups in total. The zero-order chi connectivity index (χ0) is 29.3.